The first-order valence-electron chi connectivity index (χ1n) is 8.27. The Labute approximate surface area is 150 Å². The van der Waals surface area contributed by atoms with Crippen LogP contribution in [0.15, 0.2) is 41.3 Å². The number of methoxy groups -OCH3 is 2. The van der Waals surface area contributed by atoms with E-state index in [-0.39, 0.29) is 17.2 Å². The average molecular weight is 363 g/mol. The normalized spacial score (nSPS) is 11.4. The lowest BCUT2D eigenvalue weighted by Gasteiger charge is -2.14. The minimum absolute atomic E-state index is 0.0686. The number of ether oxygens (including phenoxy) is 2. The van der Waals surface area contributed by atoms with Crippen LogP contribution in [0, 0.1) is 0 Å². The summed E-state index contributed by atoms with van der Waals surface area (Å²) in [6.45, 7) is 4.37. The predicted molar refractivity (Wildman–Crippen MR) is 98.8 cm³/mol. The largest absolute Gasteiger partial charge is 0.497 e. The summed E-state index contributed by atoms with van der Waals surface area (Å²) >= 11 is 0. The quantitative estimate of drug-likeness (QED) is 0.781. The van der Waals surface area contributed by atoms with E-state index < -0.39 is 10.0 Å². The van der Waals surface area contributed by atoms with E-state index in [1.807, 2.05) is 0 Å². The molecule has 6 heteroatoms. The molecule has 0 spiro atoms. The molecule has 0 amide bonds. The molecule has 2 aromatic carbocycles. The van der Waals surface area contributed by atoms with Gasteiger partial charge in [0.15, 0.2) is 0 Å². The van der Waals surface area contributed by atoms with Crippen molar-refractivity contribution in [3.8, 4) is 11.5 Å². The highest BCUT2D eigenvalue weighted by molar-refractivity contribution is 7.89. The van der Waals surface area contributed by atoms with Crippen molar-refractivity contribution in [2.75, 3.05) is 14.2 Å². The Hall–Kier alpha value is -2.05. The third-order valence-corrected chi connectivity index (χ3v) is 5.60. The molecule has 0 radical (unpaired) electrons. The maximum Gasteiger partial charge on any atom is 0.244 e. The van der Waals surface area contributed by atoms with Crippen LogP contribution >= 0.6 is 0 Å². The van der Waals surface area contributed by atoms with Gasteiger partial charge in [-0.15, -0.1) is 0 Å². The van der Waals surface area contributed by atoms with E-state index in [4.69, 9.17) is 9.47 Å². The van der Waals surface area contributed by atoms with Gasteiger partial charge in [0.1, 0.15) is 16.4 Å². The summed E-state index contributed by atoms with van der Waals surface area (Å²) < 4.78 is 38.5. The molecule has 0 aliphatic heterocycles. The molecule has 1 N–H and O–H groups in total. The second-order valence-electron chi connectivity index (χ2n) is 5.65. The molecule has 0 heterocycles. The first-order valence-corrected chi connectivity index (χ1v) is 9.75. The van der Waals surface area contributed by atoms with Crippen molar-refractivity contribution in [3.05, 3.63) is 53.1 Å². The summed E-state index contributed by atoms with van der Waals surface area (Å²) in [5.41, 5.74) is 3.31. The Morgan fingerprint density at radius 1 is 0.920 bits per heavy atom. The highest BCUT2D eigenvalue weighted by atomic mass is 32.2. The Bertz CT molecular complexity index is 831. The Morgan fingerprint density at radius 3 is 2.28 bits per heavy atom. The smallest absolute Gasteiger partial charge is 0.244 e. The number of benzene rings is 2. The van der Waals surface area contributed by atoms with Crippen LogP contribution in [0.25, 0.3) is 0 Å². The van der Waals surface area contributed by atoms with E-state index in [0.717, 1.165) is 24.0 Å². The fourth-order valence-corrected chi connectivity index (χ4v) is 3.84. The van der Waals surface area contributed by atoms with Crippen LogP contribution in [-0.2, 0) is 29.4 Å². The van der Waals surface area contributed by atoms with Crippen LogP contribution in [0.3, 0.4) is 0 Å². The highest BCUT2D eigenvalue weighted by Crippen LogP contribution is 2.28. The van der Waals surface area contributed by atoms with Gasteiger partial charge in [-0.05, 0) is 41.7 Å². The predicted octanol–water partition coefficient (Wildman–Crippen LogP) is 3.31. The minimum Gasteiger partial charge on any atom is -0.497 e. The first-order chi connectivity index (χ1) is 11.9. The van der Waals surface area contributed by atoms with E-state index in [2.05, 4.69) is 36.8 Å². The Balaban J connectivity index is 2.31. The molecule has 0 bridgehead atoms. The van der Waals surface area contributed by atoms with Gasteiger partial charge >= 0.3 is 0 Å². The molecule has 0 aromatic heterocycles. The van der Waals surface area contributed by atoms with Crippen LogP contribution in [0.5, 0.6) is 11.5 Å². The van der Waals surface area contributed by atoms with Crippen LogP contribution in [0.1, 0.15) is 30.5 Å². The summed E-state index contributed by atoms with van der Waals surface area (Å²) in [6, 6.07) is 10.9. The number of hydrogen-bond donors (Lipinski definition) is 1. The molecule has 136 valence electrons. The number of hydrogen-bond acceptors (Lipinski definition) is 4. The van der Waals surface area contributed by atoms with E-state index in [1.54, 1.807) is 12.1 Å². The van der Waals surface area contributed by atoms with Gasteiger partial charge in [-0.2, -0.15) is 0 Å². The minimum atomic E-state index is -3.73. The van der Waals surface area contributed by atoms with Gasteiger partial charge in [0.2, 0.25) is 10.0 Å². The van der Waals surface area contributed by atoms with Crippen molar-refractivity contribution in [2.24, 2.45) is 0 Å². The zero-order chi connectivity index (χ0) is 18.4. The molecule has 0 aliphatic carbocycles. The molecule has 0 aliphatic rings. The fourth-order valence-electron chi connectivity index (χ4n) is 2.65. The van der Waals surface area contributed by atoms with Gasteiger partial charge in [-0.25, -0.2) is 13.1 Å². The first kappa shape index (κ1) is 19.3. The van der Waals surface area contributed by atoms with Crippen molar-refractivity contribution in [1.29, 1.82) is 0 Å². The third-order valence-electron chi connectivity index (χ3n) is 4.17. The van der Waals surface area contributed by atoms with Crippen molar-refractivity contribution >= 4 is 10.0 Å². The van der Waals surface area contributed by atoms with Gasteiger partial charge in [0.05, 0.1) is 14.2 Å². The zero-order valence-corrected chi connectivity index (χ0v) is 15.9. The van der Waals surface area contributed by atoms with Crippen molar-refractivity contribution in [3.63, 3.8) is 0 Å². The molecule has 0 saturated heterocycles. The maximum atomic E-state index is 12.8. The van der Waals surface area contributed by atoms with E-state index in [1.165, 1.54) is 25.8 Å². The topological polar surface area (TPSA) is 64.6 Å². The molecule has 5 nitrogen and oxygen atoms in total. The van der Waals surface area contributed by atoms with Gasteiger partial charge in [-0.1, -0.05) is 32.0 Å². The van der Waals surface area contributed by atoms with Crippen LogP contribution in [0.2, 0.25) is 0 Å². The molecule has 25 heavy (non-hydrogen) atoms. The standard InChI is InChI=1S/C19H25NO4S/c1-5-14-7-8-15(6-2)16(11-14)13-20-25(21,22)19-12-17(23-3)9-10-18(19)24-4/h7-12,20H,5-6,13H2,1-4H3. The molecular weight excluding hydrogens is 338 g/mol. The van der Waals surface area contributed by atoms with Crippen LogP contribution < -0.4 is 14.2 Å². The van der Waals surface area contributed by atoms with E-state index in [9.17, 15) is 8.42 Å². The van der Waals surface area contributed by atoms with E-state index in [0.29, 0.717) is 5.75 Å². The summed E-state index contributed by atoms with van der Waals surface area (Å²) in [5.74, 6) is 0.745. The zero-order valence-electron chi connectivity index (χ0n) is 15.1. The summed E-state index contributed by atoms with van der Waals surface area (Å²) in [6.07, 6.45) is 1.76. The summed E-state index contributed by atoms with van der Waals surface area (Å²) in [5, 5.41) is 0. The summed E-state index contributed by atoms with van der Waals surface area (Å²) in [7, 11) is -0.793. The van der Waals surface area contributed by atoms with Crippen molar-refractivity contribution < 1.29 is 17.9 Å². The molecule has 2 aromatic rings. The second kappa shape index (κ2) is 8.36. The molecule has 0 saturated carbocycles. The molecule has 0 atom stereocenters. The van der Waals surface area contributed by atoms with E-state index >= 15 is 0 Å². The second-order valence-corrected chi connectivity index (χ2v) is 7.39. The summed E-state index contributed by atoms with van der Waals surface area (Å²) in [4.78, 5) is 0.0686. The lowest BCUT2D eigenvalue weighted by molar-refractivity contribution is 0.392. The monoisotopic (exact) mass is 363 g/mol. The van der Waals surface area contributed by atoms with Gasteiger partial charge < -0.3 is 9.47 Å². The van der Waals surface area contributed by atoms with Crippen LogP contribution in [0.4, 0.5) is 0 Å². The number of nitrogens with one attached hydrogen (secondary N) is 1. The van der Waals surface area contributed by atoms with Crippen LogP contribution in [-0.4, -0.2) is 22.6 Å². The Morgan fingerprint density at radius 2 is 1.68 bits per heavy atom. The molecular formula is C19H25NO4S. The third kappa shape index (κ3) is 4.52. The number of sulfonamides is 1. The average Bonchev–Trinajstić information content (AvgIpc) is 2.65. The molecule has 0 fully saturated rings. The number of aryl methyl sites for hydroxylation is 2. The Kier molecular flexibility index (Phi) is 6.45. The SMILES string of the molecule is CCc1ccc(CC)c(CNS(=O)(=O)c2cc(OC)ccc2OC)c1. The lowest BCUT2D eigenvalue weighted by Crippen LogP contribution is -2.24. The maximum absolute atomic E-state index is 12.8. The van der Waals surface area contributed by atoms with Gasteiger partial charge in [-0.3, -0.25) is 0 Å². The van der Waals surface area contributed by atoms with Gasteiger partial charge in [0, 0.05) is 12.6 Å². The molecule has 0 unspecified atom stereocenters. The number of rotatable bonds is 8. The lowest BCUT2D eigenvalue weighted by atomic mass is 10.0. The van der Waals surface area contributed by atoms with Crippen molar-refractivity contribution in [2.45, 2.75) is 38.1 Å². The molecule has 2 rings (SSSR count). The fraction of sp³-hybridized carbons (Fsp3) is 0.368. The highest BCUT2D eigenvalue weighted by Gasteiger charge is 2.20. The van der Waals surface area contributed by atoms with Crippen molar-refractivity contribution in [1.82, 2.24) is 4.72 Å². The van der Waals surface area contributed by atoms with Gasteiger partial charge in [0.25, 0.3) is 0 Å².